The maximum atomic E-state index is 12.2. The van der Waals surface area contributed by atoms with Crippen LogP contribution >= 0.6 is 0 Å². The van der Waals surface area contributed by atoms with Gasteiger partial charge in [0.25, 0.3) is 0 Å². The number of ether oxygens (including phenoxy) is 1. The van der Waals surface area contributed by atoms with Crippen LogP contribution in [0.1, 0.15) is 29.6 Å². The Balaban J connectivity index is 2.20. The van der Waals surface area contributed by atoms with Gasteiger partial charge in [0.1, 0.15) is 0 Å². The van der Waals surface area contributed by atoms with Crippen molar-refractivity contribution < 1.29 is 14.3 Å². The second-order valence-corrected chi connectivity index (χ2v) is 5.64. The largest absolute Gasteiger partial charge is 0.380 e. The summed E-state index contributed by atoms with van der Waals surface area (Å²) in [6.45, 7) is 2.13. The molecule has 5 N–H and O–H groups in total. The molecule has 1 atom stereocenters. The molecule has 0 spiro atoms. The van der Waals surface area contributed by atoms with Crippen LogP contribution < -0.4 is 21.7 Å². The molecule has 0 bridgehead atoms. The molecule has 2 amide bonds. The van der Waals surface area contributed by atoms with Gasteiger partial charge in [-0.3, -0.25) is 9.59 Å². The Morgan fingerprint density at radius 3 is 2.61 bits per heavy atom. The Bertz CT molecular complexity index is 566. The summed E-state index contributed by atoms with van der Waals surface area (Å²) in [6.07, 6.45) is 2.06. The number of benzene rings is 1. The number of nitrogens with two attached hydrogens (primary N) is 2. The monoisotopic (exact) mass is 320 g/mol. The van der Waals surface area contributed by atoms with E-state index in [2.05, 4.69) is 10.2 Å². The zero-order valence-electron chi connectivity index (χ0n) is 13.4. The van der Waals surface area contributed by atoms with E-state index in [4.69, 9.17) is 16.2 Å². The highest BCUT2D eigenvalue weighted by Crippen LogP contribution is 2.30. The third-order valence-corrected chi connectivity index (χ3v) is 4.01. The lowest BCUT2D eigenvalue weighted by Gasteiger charge is -2.22. The molecule has 1 aromatic carbocycles. The van der Waals surface area contributed by atoms with Crippen molar-refractivity contribution in [3.05, 3.63) is 23.8 Å². The number of primary amides is 1. The van der Waals surface area contributed by atoms with Crippen molar-refractivity contribution in [3.63, 3.8) is 0 Å². The van der Waals surface area contributed by atoms with Crippen molar-refractivity contribution in [1.82, 2.24) is 0 Å². The molecule has 7 nitrogen and oxygen atoms in total. The van der Waals surface area contributed by atoms with Crippen LogP contribution in [0.5, 0.6) is 0 Å². The highest BCUT2D eigenvalue weighted by molar-refractivity contribution is 5.99. The van der Waals surface area contributed by atoms with Crippen LogP contribution in [0.25, 0.3) is 0 Å². The predicted molar refractivity (Wildman–Crippen MR) is 89.5 cm³/mol. The van der Waals surface area contributed by atoms with E-state index < -0.39 is 5.91 Å². The summed E-state index contributed by atoms with van der Waals surface area (Å²) >= 11 is 0. The van der Waals surface area contributed by atoms with E-state index in [0.717, 1.165) is 31.6 Å². The fraction of sp³-hybridized carbons (Fsp3) is 0.500. The summed E-state index contributed by atoms with van der Waals surface area (Å²) in [4.78, 5) is 25.8. The molecule has 0 saturated carbocycles. The first-order valence-electron chi connectivity index (χ1n) is 7.76. The maximum absolute atomic E-state index is 12.2. The molecule has 1 fully saturated rings. The van der Waals surface area contributed by atoms with Crippen LogP contribution in [0.3, 0.4) is 0 Å². The van der Waals surface area contributed by atoms with E-state index >= 15 is 0 Å². The third-order valence-electron chi connectivity index (χ3n) is 4.01. The van der Waals surface area contributed by atoms with Gasteiger partial charge in [0.05, 0.1) is 23.9 Å². The number of carbonyl (C=O) groups excluding carboxylic acids is 2. The standard InChI is InChI=1S/C16H24N4O3/c1-23-12(10-17)9-15(21)19-13-8-11(16(18)22)4-5-14(13)20-6-2-3-7-20/h4-5,8,12H,2-3,6-7,9-10,17H2,1H3,(H2,18,22)(H,19,21). The Labute approximate surface area is 136 Å². The number of hydrogen-bond donors (Lipinski definition) is 3. The highest BCUT2D eigenvalue weighted by Gasteiger charge is 2.19. The lowest BCUT2D eigenvalue weighted by molar-refractivity contribution is -0.118. The van der Waals surface area contributed by atoms with Crippen LogP contribution in [-0.4, -0.2) is 44.7 Å². The number of nitrogens with one attached hydrogen (secondary N) is 1. The first kappa shape index (κ1) is 17.2. The van der Waals surface area contributed by atoms with E-state index in [1.165, 1.54) is 7.11 Å². The van der Waals surface area contributed by atoms with Crippen molar-refractivity contribution in [2.24, 2.45) is 11.5 Å². The molecule has 126 valence electrons. The van der Waals surface area contributed by atoms with E-state index in [-0.39, 0.29) is 25.0 Å². The van der Waals surface area contributed by atoms with Gasteiger partial charge in [-0.1, -0.05) is 0 Å². The molecular weight excluding hydrogens is 296 g/mol. The number of methoxy groups -OCH3 is 1. The average molecular weight is 320 g/mol. The van der Waals surface area contributed by atoms with Gasteiger partial charge in [-0.05, 0) is 31.0 Å². The molecule has 1 aliphatic rings. The molecule has 1 aliphatic heterocycles. The van der Waals surface area contributed by atoms with Gasteiger partial charge < -0.3 is 26.4 Å². The second-order valence-electron chi connectivity index (χ2n) is 5.64. The number of nitrogens with zero attached hydrogens (tertiary/aromatic N) is 1. The fourth-order valence-electron chi connectivity index (χ4n) is 2.69. The van der Waals surface area contributed by atoms with Crippen molar-refractivity contribution in [1.29, 1.82) is 0 Å². The average Bonchev–Trinajstić information content (AvgIpc) is 3.06. The number of amides is 2. The van der Waals surface area contributed by atoms with Gasteiger partial charge in [-0.2, -0.15) is 0 Å². The molecule has 0 aliphatic carbocycles. The minimum Gasteiger partial charge on any atom is -0.380 e. The molecule has 7 heteroatoms. The lowest BCUT2D eigenvalue weighted by Crippen LogP contribution is -2.29. The Morgan fingerprint density at radius 2 is 2.04 bits per heavy atom. The second kappa shape index (κ2) is 7.94. The summed E-state index contributed by atoms with van der Waals surface area (Å²) in [5, 5.41) is 2.86. The maximum Gasteiger partial charge on any atom is 0.248 e. The topological polar surface area (TPSA) is 111 Å². The van der Waals surface area contributed by atoms with Crippen LogP contribution in [0.2, 0.25) is 0 Å². The van der Waals surface area contributed by atoms with Crippen molar-refractivity contribution >= 4 is 23.2 Å². The summed E-state index contributed by atoms with van der Waals surface area (Å²) in [5.74, 6) is -0.727. The SMILES string of the molecule is COC(CN)CC(=O)Nc1cc(C(N)=O)ccc1N1CCCC1. The van der Waals surface area contributed by atoms with E-state index in [0.29, 0.717) is 11.3 Å². The molecule has 0 aromatic heterocycles. The van der Waals surface area contributed by atoms with Crippen molar-refractivity contribution in [2.45, 2.75) is 25.4 Å². The zero-order valence-corrected chi connectivity index (χ0v) is 13.4. The van der Waals surface area contributed by atoms with Gasteiger partial charge in [0.15, 0.2) is 0 Å². The van der Waals surface area contributed by atoms with Gasteiger partial charge in [0.2, 0.25) is 11.8 Å². The molecule has 1 aromatic rings. The van der Waals surface area contributed by atoms with Crippen LogP contribution in [0, 0.1) is 0 Å². The Hall–Kier alpha value is -2.12. The molecule has 23 heavy (non-hydrogen) atoms. The Kier molecular flexibility index (Phi) is 5.95. The van der Waals surface area contributed by atoms with E-state index in [1.54, 1.807) is 12.1 Å². The van der Waals surface area contributed by atoms with Crippen LogP contribution in [-0.2, 0) is 9.53 Å². The molecule has 0 radical (unpaired) electrons. The van der Waals surface area contributed by atoms with Crippen molar-refractivity contribution in [2.75, 3.05) is 37.0 Å². The third kappa shape index (κ3) is 4.43. The molecular formula is C16H24N4O3. The number of hydrogen-bond acceptors (Lipinski definition) is 5. The first-order valence-corrected chi connectivity index (χ1v) is 7.76. The summed E-state index contributed by atoms with van der Waals surface area (Å²) in [7, 11) is 1.52. The van der Waals surface area contributed by atoms with E-state index in [9.17, 15) is 9.59 Å². The molecule has 1 heterocycles. The zero-order chi connectivity index (χ0) is 16.8. The van der Waals surface area contributed by atoms with Crippen LogP contribution in [0.4, 0.5) is 11.4 Å². The fourth-order valence-corrected chi connectivity index (χ4v) is 2.69. The normalized spacial score (nSPS) is 15.5. The van der Waals surface area contributed by atoms with Gasteiger partial charge in [0, 0.05) is 32.3 Å². The number of carbonyl (C=O) groups is 2. The summed E-state index contributed by atoms with van der Waals surface area (Å²) in [5.41, 5.74) is 12.8. The smallest absolute Gasteiger partial charge is 0.248 e. The number of rotatable bonds is 7. The van der Waals surface area contributed by atoms with Crippen molar-refractivity contribution in [3.8, 4) is 0 Å². The van der Waals surface area contributed by atoms with Gasteiger partial charge in [-0.15, -0.1) is 0 Å². The Morgan fingerprint density at radius 1 is 1.35 bits per heavy atom. The minimum absolute atomic E-state index is 0.160. The molecule has 1 unspecified atom stereocenters. The lowest BCUT2D eigenvalue weighted by atomic mass is 10.1. The first-order chi connectivity index (χ1) is 11.0. The summed E-state index contributed by atoms with van der Waals surface area (Å²) in [6, 6.07) is 5.14. The van der Waals surface area contributed by atoms with Crippen LogP contribution in [0.15, 0.2) is 18.2 Å². The summed E-state index contributed by atoms with van der Waals surface area (Å²) < 4.78 is 5.13. The van der Waals surface area contributed by atoms with Gasteiger partial charge >= 0.3 is 0 Å². The quantitative estimate of drug-likeness (QED) is 0.684. The van der Waals surface area contributed by atoms with E-state index in [1.807, 2.05) is 6.07 Å². The predicted octanol–water partition coefficient (Wildman–Crippen LogP) is 0.688. The molecule has 1 saturated heterocycles. The van der Waals surface area contributed by atoms with Gasteiger partial charge in [-0.25, -0.2) is 0 Å². The number of anilines is 2. The highest BCUT2D eigenvalue weighted by atomic mass is 16.5. The molecule has 2 rings (SSSR count). The minimum atomic E-state index is -0.523.